The summed E-state index contributed by atoms with van der Waals surface area (Å²) in [6.45, 7) is 17.9. The summed E-state index contributed by atoms with van der Waals surface area (Å²) in [6.07, 6.45) is -3.44. The molecule has 0 spiro atoms. The number of ether oxygens (including phenoxy) is 1. The first-order valence-electron chi connectivity index (χ1n) is 14.9. The molecule has 1 fully saturated rings. The quantitative estimate of drug-likeness (QED) is 0.0934. The summed E-state index contributed by atoms with van der Waals surface area (Å²) >= 11 is 2.50. The van der Waals surface area contributed by atoms with E-state index in [4.69, 9.17) is 24.0 Å². The molecule has 260 valence electrons. The van der Waals surface area contributed by atoms with Crippen LogP contribution in [0.2, 0.25) is 0 Å². The highest BCUT2D eigenvalue weighted by atomic mass is 32.2. The van der Waals surface area contributed by atoms with Crippen LogP contribution in [0.3, 0.4) is 0 Å². The molecule has 1 saturated heterocycles. The maximum Gasteiger partial charge on any atom is 0.475 e. The molecule has 0 bridgehead atoms. The van der Waals surface area contributed by atoms with Crippen LogP contribution in [0.1, 0.15) is 69.2 Å². The van der Waals surface area contributed by atoms with Gasteiger partial charge in [-0.1, -0.05) is 41.5 Å². The number of aliphatic hydroxyl groups excluding tert-OH is 1. The Bertz CT molecular complexity index is 1170. The van der Waals surface area contributed by atoms with Crippen molar-refractivity contribution in [2.24, 2.45) is 10.8 Å². The lowest BCUT2D eigenvalue weighted by Crippen LogP contribution is -2.53. The molecule has 0 saturated carbocycles. The topological polar surface area (TPSA) is 202 Å². The fourth-order valence-corrected chi connectivity index (χ4v) is 7.97. The van der Waals surface area contributed by atoms with E-state index >= 15 is 0 Å². The monoisotopic (exact) mass is 697 g/mol. The molecule has 1 aromatic rings. The second-order valence-electron chi connectivity index (χ2n) is 14.0. The zero-order chi connectivity index (χ0) is 34.2. The van der Waals surface area contributed by atoms with E-state index in [-0.39, 0.29) is 37.2 Å². The zero-order valence-electron chi connectivity index (χ0n) is 27.9. The maximum atomic E-state index is 14.0. The maximum absolute atomic E-state index is 14.0. The van der Waals surface area contributed by atoms with Crippen molar-refractivity contribution in [1.82, 2.24) is 9.97 Å². The number of phosphoric ester groups is 1. The number of nitrogens with two attached hydrogens (primary N) is 1. The van der Waals surface area contributed by atoms with Crippen LogP contribution in [0, 0.1) is 10.8 Å². The van der Waals surface area contributed by atoms with Crippen molar-refractivity contribution < 1.29 is 43.3 Å². The Morgan fingerprint density at radius 2 is 1.60 bits per heavy atom. The Labute approximate surface area is 275 Å². The Balaban J connectivity index is 1.73. The number of rotatable bonds is 14. The summed E-state index contributed by atoms with van der Waals surface area (Å²) < 4.78 is 37.4. The zero-order valence-corrected chi connectivity index (χ0v) is 30.5. The highest BCUT2D eigenvalue weighted by molar-refractivity contribution is 8.00. The van der Waals surface area contributed by atoms with Gasteiger partial charge >= 0.3 is 7.82 Å². The minimum absolute atomic E-state index is 0.0699. The minimum Gasteiger partial charge on any atom is -0.387 e. The number of nitrogen functional groups attached to an aromatic ring is 1. The van der Waals surface area contributed by atoms with E-state index in [0.29, 0.717) is 11.5 Å². The molecule has 1 aromatic heterocycles. The SMILES string of the molecule is C[C@@H](OP(=O)(OCCSC(C)(O)C(C)(C)C)OCCSC(C)(O)C(C)(C)C)[C@H]1O[C@@H](N2CNc3c(N)ncnc32)[C@](C)(O)[C@@H]1O. The van der Waals surface area contributed by atoms with Crippen molar-refractivity contribution in [1.29, 1.82) is 0 Å². The number of aliphatic hydroxyl groups is 4. The van der Waals surface area contributed by atoms with Gasteiger partial charge in [0.1, 0.15) is 39.7 Å². The molecule has 0 radical (unpaired) electrons. The van der Waals surface area contributed by atoms with Crippen molar-refractivity contribution in [2.75, 3.05) is 47.3 Å². The molecule has 2 aliphatic heterocycles. The number of nitrogens with one attached hydrogen (secondary N) is 1. The van der Waals surface area contributed by atoms with Gasteiger partial charge in [-0.3, -0.25) is 13.6 Å². The van der Waals surface area contributed by atoms with Crippen LogP contribution in [-0.4, -0.2) is 102 Å². The highest BCUT2D eigenvalue weighted by Crippen LogP contribution is 2.53. The van der Waals surface area contributed by atoms with Crippen molar-refractivity contribution in [2.45, 2.75) is 109 Å². The Kier molecular flexibility index (Phi) is 11.9. The van der Waals surface area contributed by atoms with E-state index in [9.17, 15) is 25.0 Å². The molecule has 14 nitrogen and oxygen atoms in total. The standard InChI is InChI=1S/C28H52N5O9PS2/c1-17(19-20(34)26(8,35)23(41-19)33-16-32-18-21(29)30-15-31-22(18)33)42-43(38,39-11-13-44-27(9,36)24(2,3)4)40-12-14-45-28(10,37)25(5,6)7/h15,17,19-20,23,32,34-37H,11-14,16H2,1-10H3,(H2,29,30,31)/t17-,19-,20-,23-,26-,27?,28?,43?/m1/s1. The Hall–Kier alpha value is -0.910. The summed E-state index contributed by atoms with van der Waals surface area (Å²) in [5.41, 5.74) is 3.81. The molecule has 3 rings (SSSR count). The van der Waals surface area contributed by atoms with Gasteiger partial charge in [-0.25, -0.2) is 14.5 Å². The van der Waals surface area contributed by atoms with Gasteiger partial charge in [-0.15, -0.1) is 23.5 Å². The van der Waals surface area contributed by atoms with Gasteiger partial charge < -0.3 is 41.1 Å². The third-order valence-corrected chi connectivity index (χ3v) is 13.2. The van der Waals surface area contributed by atoms with Gasteiger partial charge in [0.25, 0.3) is 0 Å². The summed E-state index contributed by atoms with van der Waals surface area (Å²) in [6, 6.07) is 0. The van der Waals surface area contributed by atoms with Gasteiger partial charge in [-0.2, -0.15) is 0 Å². The molecule has 7 atom stereocenters. The molecule has 3 heterocycles. The molecular weight excluding hydrogens is 645 g/mol. The summed E-state index contributed by atoms with van der Waals surface area (Å²) in [5, 5.41) is 47.3. The normalized spacial score (nSPS) is 28.6. The lowest BCUT2D eigenvalue weighted by atomic mass is 9.90. The van der Waals surface area contributed by atoms with E-state index in [1.807, 2.05) is 41.5 Å². The number of hydrogen-bond donors (Lipinski definition) is 6. The second kappa shape index (κ2) is 13.9. The number of aromatic nitrogens is 2. The van der Waals surface area contributed by atoms with Gasteiger partial charge in [0, 0.05) is 11.5 Å². The van der Waals surface area contributed by atoms with Crippen molar-refractivity contribution in [3.05, 3.63) is 6.33 Å². The predicted octanol–water partition coefficient (Wildman–Crippen LogP) is 3.61. The van der Waals surface area contributed by atoms with Crippen LogP contribution < -0.4 is 16.0 Å². The van der Waals surface area contributed by atoms with Crippen LogP contribution in [0.5, 0.6) is 0 Å². The number of hydrogen-bond acceptors (Lipinski definition) is 16. The van der Waals surface area contributed by atoms with Gasteiger partial charge in [0.05, 0.1) is 26.0 Å². The predicted molar refractivity (Wildman–Crippen MR) is 178 cm³/mol. The third-order valence-electron chi connectivity index (χ3n) is 8.51. The summed E-state index contributed by atoms with van der Waals surface area (Å²) in [4.78, 5) is 7.69. The highest BCUT2D eigenvalue weighted by Gasteiger charge is 2.58. The average Bonchev–Trinajstić information content (AvgIpc) is 3.42. The first-order chi connectivity index (χ1) is 20.4. The molecule has 17 heteroatoms. The number of phosphoric acid groups is 1. The molecular formula is C28H52N5O9PS2. The molecule has 0 aromatic carbocycles. The molecule has 0 amide bonds. The van der Waals surface area contributed by atoms with Crippen LogP contribution in [0.25, 0.3) is 0 Å². The van der Waals surface area contributed by atoms with E-state index in [1.54, 1.807) is 25.7 Å². The third kappa shape index (κ3) is 8.77. The Morgan fingerprint density at radius 3 is 2.09 bits per heavy atom. The minimum atomic E-state index is -4.27. The lowest BCUT2D eigenvalue weighted by molar-refractivity contribution is -0.0638. The molecule has 2 aliphatic rings. The smallest absolute Gasteiger partial charge is 0.387 e. The molecule has 7 N–H and O–H groups in total. The van der Waals surface area contributed by atoms with Crippen LogP contribution in [0.4, 0.5) is 17.3 Å². The van der Waals surface area contributed by atoms with E-state index < -0.39 is 58.7 Å². The first kappa shape index (κ1) is 38.5. The van der Waals surface area contributed by atoms with Crippen molar-refractivity contribution in [3.63, 3.8) is 0 Å². The number of nitrogens with zero attached hydrogens (tertiary/aromatic N) is 3. The van der Waals surface area contributed by atoms with Crippen molar-refractivity contribution in [3.8, 4) is 0 Å². The molecule has 0 aliphatic carbocycles. The van der Waals surface area contributed by atoms with Crippen molar-refractivity contribution >= 4 is 48.7 Å². The fourth-order valence-electron chi connectivity index (χ4n) is 4.38. The number of thioether (sulfide) groups is 2. The largest absolute Gasteiger partial charge is 0.475 e. The first-order valence-corrected chi connectivity index (χ1v) is 18.3. The van der Waals surface area contributed by atoms with Crippen LogP contribution in [0.15, 0.2) is 6.33 Å². The lowest BCUT2D eigenvalue weighted by Gasteiger charge is -2.36. The van der Waals surface area contributed by atoms with E-state index in [1.165, 1.54) is 36.8 Å². The van der Waals surface area contributed by atoms with Gasteiger partial charge in [0.15, 0.2) is 17.9 Å². The van der Waals surface area contributed by atoms with Gasteiger partial charge in [0.2, 0.25) is 0 Å². The number of anilines is 3. The Morgan fingerprint density at radius 1 is 1.09 bits per heavy atom. The van der Waals surface area contributed by atoms with Crippen LogP contribution >= 0.6 is 31.3 Å². The summed E-state index contributed by atoms with van der Waals surface area (Å²) in [5.74, 6) is 1.20. The summed E-state index contributed by atoms with van der Waals surface area (Å²) in [7, 11) is -4.27. The van der Waals surface area contributed by atoms with E-state index in [2.05, 4.69) is 15.3 Å². The second-order valence-corrected chi connectivity index (χ2v) is 18.6. The fraction of sp³-hybridized carbons (Fsp3) is 0.857. The van der Waals surface area contributed by atoms with Gasteiger partial charge in [-0.05, 0) is 38.5 Å². The van der Waals surface area contributed by atoms with Crippen LogP contribution in [-0.2, 0) is 22.9 Å². The average molecular weight is 698 g/mol. The van der Waals surface area contributed by atoms with E-state index in [0.717, 1.165) is 0 Å². The number of fused-ring (bicyclic) bond motifs is 1. The molecule has 2 unspecified atom stereocenters. The molecule has 45 heavy (non-hydrogen) atoms.